The van der Waals surface area contributed by atoms with Gasteiger partial charge in [-0.15, -0.1) is 0 Å². The van der Waals surface area contributed by atoms with Crippen LogP contribution in [0.2, 0.25) is 0 Å². The largest absolute Gasteiger partial charge is 0.394 e. The van der Waals surface area contributed by atoms with Gasteiger partial charge in [-0.05, 0) is 44.9 Å². The molecule has 1 rings (SSSR count). The Balaban J connectivity index is 2.50. The number of aliphatic hydroxyl groups excluding tert-OH is 5. The molecule has 268 valence electrons. The van der Waals surface area contributed by atoms with Gasteiger partial charge >= 0.3 is 0 Å². The highest BCUT2D eigenvalue weighted by molar-refractivity contribution is 5.76. The third-order valence-corrected chi connectivity index (χ3v) is 8.49. The molecule has 0 bridgehead atoms. The van der Waals surface area contributed by atoms with Crippen LogP contribution in [-0.4, -0.2) is 87.5 Å². The van der Waals surface area contributed by atoms with Gasteiger partial charge in [-0.2, -0.15) is 0 Å². The van der Waals surface area contributed by atoms with Crippen molar-refractivity contribution < 1.29 is 39.8 Å². The Morgan fingerprint density at radius 1 is 0.739 bits per heavy atom. The minimum atomic E-state index is -1.57. The number of carbonyl (C=O) groups is 1. The Morgan fingerprint density at radius 3 is 1.87 bits per heavy atom. The molecule has 1 aliphatic rings. The Bertz CT molecular complexity index is 817. The van der Waals surface area contributed by atoms with Gasteiger partial charge in [0.25, 0.3) is 0 Å². The summed E-state index contributed by atoms with van der Waals surface area (Å²) in [5, 5.41) is 53.6. The molecule has 0 aromatic heterocycles. The van der Waals surface area contributed by atoms with Crippen molar-refractivity contribution in [1.82, 2.24) is 5.32 Å². The second-order valence-corrected chi connectivity index (χ2v) is 12.7. The lowest BCUT2D eigenvalue weighted by Gasteiger charge is -2.40. The molecule has 0 saturated carbocycles. The van der Waals surface area contributed by atoms with Gasteiger partial charge in [-0.25, -0.2) is 0 Å². The fraction of sp³-hybridized carbons (Fsp3) is 0.811. The minimum absolute atomic E-state index is 0.209. The third-order valence-electron chi connectivity index (χ3n) is 8.49. The maximum absolute atomic E-state index is 12.8. The van der Waals surface area contributed by atoms with Gasteiger partial charge in [-0.3, -0.25) is 4.79 Å². The molecule has 7 atom stereocenters. The van der Waals surface area contributed by atoms with Gasteiger partial charge in [0.2, 0.25) is 5.91 Å². The second kappa shape index (κ2) is 28.4. The van der Waals surface area contributed by atoms with Gasteiger partial charge in [0.1, 0.15) is 24.4 Å². The van der Waals surface area contributed by atoms with Gasteiger partial charge < -0.3 is 40.3 Å². The van der Waals surface area contributed by atoms with Crippen molar-refractivity contribution in [2.45, 2.75) is 179 Å². The molecular weight excluding hydrogens is 586 g/mol. The summed E-state index contributed by atoms with van der Waals surface area (Å²) < 4.78 is 11.1. The number of rotatable bonds is 28. The van der Waals surface area contributed by atoms with Crippen LogP contribution in [0.3, 0.4) is 0 Å². The zero-order valence-corrected chi connectivity index (χ0v) is 28.8. The van der Waals surface area contributed by atoms with Gasteiger partial charge in [-0.1, -0.05) is 121 Å². The van der Waals surface area contributed by atoms with Gasteiger partial charge in [0, 0.05) is 6.42 Å². The summed E-state index contributed by atoms with van der Waals surface area (Å²) in [6.07, 6.45) is 24.9. The van der Waals surface area contributed by atoms with E-state index in [0.717, 1.165) is 51.4 Å². The molecule has 0 aromatic carbocycles. The topological polar surface area (TPSA) is 149 Å². The van der Waals surface area contributed by atoms with Crippen molar-refractivity contribution >= 4 is 5.91 Å². The molecule has 1 fully saturated rings. The minimum Gasteiger partial charge on any atom is -0.394 e. The first-order valence-electron chi connectivity index (χ1n) is 18.2. The van der Waals surface area contributed by atoms with E-state index >= 15 is 0 Å². The molecule has 9 nitrogen and oxygen atoms in total. The molecule has 6 N–H and O–H groups in total. The van der Waals surface area contributed by atoms with Crippen LogP contribution in [0.25, 0.3) is 0 Å². The Hall–Kier alpha value is -1.59. The lowest BCUT2D eigenvalue weighted by atomic mass is 9.99. The van der Waals surface area contributed by atoms with Gasteiger partial charge in [0.05, 0.1) is 25.4 Å². The average Bonchev–Trinajstić information content (AvgIpc) is 3.05. The maximum Gasteiger partial charge on any atom is 0.220 e. The standard InChI is InChI=1S/C37H67NO8/c1-3-5-7-9-11-13-14-15-16-17-19-21-23-25-27-33(41)38-30(31(40)26-24-22-20-18-12-10-8-6-4-2)29-45-37-36(44)35(43)34(42)32(28-39)46-37/h14-15,20,22,24,26,30-32,34-37,39-40,42-44H,3-13,16-19,21,23,25,27-29H2,1-2H3,(H,38,41)/b15-14+,22-20+,26-24+/t30-,31+,32-,34-,35?,36?,37-/m0/s1. The van der Waals surface area contributed by atoms with Crippen LogP contribution < -0.4 is 5.32 Å². The molecule has 1 saturated heterocycles. The summed E-state index contributed by atoms with van der Waals surface area (Å²) in [5.74, 6) is -0.209. The normalized spacial score (nSPS) is 23.5. The summed E-state index contributed by atoms with van der Waals surface area (Å²) in [6.45, 7) is 3.64. The molecule has 1 amide bonds. The van der Waals surface area contributed by atoms with Crippen LogP contribution in [0.15, 0.2) is 36.5 Å². The van der Waals surface area contributed by atoms with E-state index in [0.29, 0.717) is 6.42 Å². The molecule has 2 unspecified atom stereocenters. The molecule has 1 heterocycles. The summed E-state index contributed by atoms with van der Waals surface area (Å²) in [6, 6.07) is -0.836. The predicted molar refractivity (Wildman–Crippen MR) is 184 cm³/mol. The van der Waals surface area contributed by atoms with Crippen LogP contribution in [0.1, 0.15) is 136 Å². The first-order valence-corrected chi connectivity index (χ1v) is 18.2. The Morgan fingerprint density at radius 2 is 1.28 bits per heavy atom. The van der Waals surface area contributed by atoms with E-state index < -0.39 is 49.5 Å². The summed E-state index contributed by atoms with van der Waals surface area (Å²) in [7, 11) is 0. The van der Waals surface area contributed by atoms with Crippen LogP contribution >= 0.6 is 0 Å². The Labute approximate surface area is 279 Å². The van der Waals surface area contributed by atoms with Crippen molar-refractivity contribution in [2.24, 2.45) is 0 Å². The summed E-state index contributed by atoms with van der Waals surface area (Å²) in [5.41, 5.74) is 0. The smallest absolute Gasteiger partial charge is 0.220 e. The molecule has 9 heteroatoms. The second-order valence-electron chi connectivity index (χ2n) is 12.7. The SMILES string of the molecule is CCCCCCC/C=C/C=C/[C@@H](O)[C@H](CO[C@H]1O[C@@H](CO)[C@H](O)C(O)C1O)NC(=O)CCCCCCC/C=C/CCCCCCC. The number of ether oxygens (including phenoxy) is 2. The number of hydrogen-bond donors (Lipinski definition) is 6. The molecule has 0 aliphatic carbocycles. The summed E-state index contributed by atoms with van der Waals surface area (Å²) in [4.78, 5) is 12.8. The van der Waals surface area contributed by atoms with Crippen molar-refractivity contribution in [3.63, 3.8) is 0 Å². The van der Waals surface area contributed by atoms with E-state index in [1.165, 1.54) is 64.2 Å². The molecule has 0 radical (unpaired) electrons. The number of carbonyl (C=O) groups excluding carboxylic acids is 1. The molecule has 1 aliphatic heterocycles. The number of hydrogen-bond acceptors (Lipinski definition) is 8. The van der Waals surface area contributed by atoms with Crippen molar-refractivity contribution in [3.05, 3.63) is 36.5 Å². The number of allylic oxidation sites excluding steroid dienone is 5. The molecular formula is C37H67NO8. The van der Waals surface area contributed by atoms with Gasteiger partial charge in [0.15, 0.2) is 6.29 Å². The number of aliphatic hydroxyl groups is 5. The quantitative estimate of drug-likeness (QED) is 0.0354. The van der Waals surface area contributed by atoms with Crippen LogP contribution in [0, 0.1) is 0 Å². The number of unbranched alkanes of at least 4 members (excludes halogenated alkanes) is 15. The number of nitrogens with one attached hydrogen (secondary N) is 1. The van der Waals surface area contributed by atoms with E-state index in [1.807, 2.05) is 6.08 Å². The fourth-order valence-electron chi connectivity index (χ4n) is 5.44. The highest BCUT2D eigenvalue weighted by Crippen LogP contribution is 2.22. The maximum atomic E-state index is 12.8. The highest BCUT2D eigenvalue weighted by atomic mass is 16.7. The zero-order chi connectivity index (χ0) is 33.8. The molecule has 46 heavy (non-hydrogen) atoms. The van der Waals surface area contributed by atoms with E-state index in [-0.39, 0.29) is 12.5 Å². The van der Waals surface area contributed by atoms with Crippen LogP contribution in [0.5, 0.6) is 0 Å². The highest BCUT2D eigenvalue weighted by Gasteiger charge is 2.44. The first-order chi connectivity index (χ1) is 22.3. The van der Waals surface area contributed by atoms with Crippen molar-refractivity contribution in [3.8, 4) is 0 Å². The van der Waals surface area contributed by atoms with Crippen molar-refractivity contribution in [2.75, 3.05) is 13.2 Å². The van der Waals surface area contributed by atoms with E-state index in [9.17, 15) is 30.3 Å². The van der Waals surface area contributed by atoms with E-state index in [2.05, 4.69) is 37.4 Å². The fourth-order valence-corrected chi connectivity index (χ4v) is 5.44. The lowest BCUT2D eigenvalue weighted by Crippen LogP contribution is -2.60. The van der Waals surface area contributed by atoms with Crippen molar-refractivity contribution in [1.29, 1.82) is 0 Å². The summed E-state index contributed by atoms with van der Waals surface area (Å²) >= 11 is 0. The van der Waals surface area contributed by atoms with E-state index in [1.54, 1.807) is 12.2 Å². The zero-order valence-electron chi connectivity index (χ0n) is 28.8. The van der Waals surface area contributed by atoms with E-state index in [4.69, 9.17) is 9.47 Å². The predicted octanol–water partition coefficient (Wildman–Crippen LogP) is 5.77. The Kier molecular flexibility index (Phi) is 26.2. The average molecular weight is 654 g/mol. The number of amides is 1. The van der Waals surface area contributed by atoms with Crippen LogP contribution in [0.4, 0.5) is 0 Å². The lowest BCUT2D eigenvalue weighted by molar-refractivity contribution is -0.302. The molecule has 0 aromatic rings. The first kappa shape index (κ1) is 42.4. The molecule has 0 spiro atoms. The monoisotopic (exact) mass is 653 g/mol. The van der Waals surface area contributed by atoms with Crippen LogP contribution in [-0.2, 0) is 14.3 Å². The third kappa shape index (κ3) is 19.9.